The lowest BCUT2D eigenvalue weighted by Crippen LogP contribution is -2.41. The van der Waals surface area contributed by atoms with Gasteiger partial charge in [0.1, 0.15) is 0 Å². The van der Waals surface area contributed by atoms with E-state index in [4.69, 9.17) is 0 Å². The fourth-order valence-corrected chi connectivity index (χ4v) is 3.71. The summed E-state index contributed by atoms with van der Waals surface area (Å²) in [5, 5.41) is 15.9. The van der Waals surface area contributed by atoms with Crippen LogP contribution in [0.15, 0.2) is 58.7 Å². The second kappa shape index (κ2) is 12.8. The summed E-state index contributed by atoms with van der Waals surface area (Å²) >= 11 is 0. The van der Waals surface area contributed by atoms with Gasteiger partial charge in [-0.05, 0) is 18.6 Å². The number of hydrogen-bond acceptors (Lipinski definition) is 4. The molecule has 0 aliphatic heterocycles. The van der Waals surface area contributed by atoms with Crippen LogP contribution in [0.1, 0.15) is 18.4 Å². The van der Waals surface area contributed by atoms with Crippen molar-refractivity contribution in [3.8, 4) is 0 Å². The van der Waals surface area contributed by atoms with Crippen molar-refractivity contribution >= 4 is 40.0 Å². The van der Waals surface area contributed by atoms with Gasteiger partial charge in [-0.15, -0.1) is 24.0 Å². The van der Waals surface area contributed by atoms with E-state index in [0.717, 1.165) is 5.56 Å². The molecule has 0 radical (unpaired) electrons. The summed E-state index contributed by atoms with van der Waals surface area (Å²) in [6.07, 6.45) is 3.24. The number of aromatic nitrogens is 1. The van der Waals surface area contributed by atoms with E-state index in [1.165, 1.54) is 0 Å². The molecular weight excluding hydrogens is 505 g/mol. The normalized spacial score (nSPS) is 12.9. The summed E-state index contributed by atoms with van der Waals surface area (Å²) in [6, 6.07) is 11.3. The van der Waals surface area contributed by atoms with Gasteiger partial charge in [-0.3, -0.25) is 4.99 Å². The lowest BCUT2D eigenvalue weighted by Gasteiger charge is -2.15. The van der Waals surface area contributed by atoms with Gasteiger partial charge in [-0.2, -0.15) is 0 Å². The molecule has 1 unspecified atom stereocenters. The first-order valence-electron chi connectivity index (χ1n) is 9.26. The molecule has 0 saturated carbocycles. The lowest BCUT2D eigenvalue weighted by molar-refractivity contribution is 0.268. The van der Waals surface area contributed by atoms with Crippen LogP contribution in [0.4, 0.5) is 0 Å². The minimum Gasteiger partial charge on any atom is -0.396 e. The van der Waals surface area contributed by atoms with E-state index >= 15 is 0 Å². The highest BCUT2D eigenvalue weighted by molar-refractivity contribution is 14.0. The van der Waals surface area contributed by atoms with Crippen molar-refractivity contribution in [2.45, 2.75) is 17.7 Å². The van der Waals surface area contributed by atoms with E-state index in [1.807, 2.05) is 37.3 Å². The number of nitrogens with zero attached hydrogens (tertiary/aromatic N) is 2. The van der Waals surface area contributed by atoms with Gasteiger partial charge >= 0.3 is 0 Å². The average molecular weight is 535 g/mol. The maximum atomic E-state index is 12.2. The van der Waals surface area contributed by atoms with Crippen LogP contribution in [0, 0.1) is 0 Å². The molecule has 29 heavy (non-hydrogen) atoms. The van der Waals surface area contributed by atoms with Crippen LogP contribution in [-0.2, 0) is 17.1 Å². The minimum absolute atomic E-state index is 0. The molecule has 1 aromatic heterocycles. The third-order valence-electron chi connectivity index (χ3n) is 4.13. The molecule has 1 atom stereocenters. The predicted molar refractivity (Wildman–Crippen MR) is 126 cm³/mol. The summed E-state index contributed by atoms with van der Waals surface area (Å²) in [5.74, 6) is 0.490. The molecule has 8 nitrogen and oxygen atoms in total. The molecule has 2 aromatic rings. The number of aryl methyl sites for hydroxylation is 1. The Bertz CT molecular complexity index is 856. The fourth-order valence-electron chi connectivity index (χ4n) is 2.62. The standard InChI is InChI=1S/C19H29N5O3S.HI/c1-3-20-19(22-13-17(15-25)16-7-5-4-6-8-16)21-10-11-23-28(26,27)18-9-12-24(2)14-18;/h4-9,12,14,17,23,25H,3,10-11,13,15H2,1-2H3,(H2,20,21,22);1H. The number of aliphatic imine (C=N–C) groups is 1. The van der Waals surface area contributed by atoms with Crippen molar-refractivity contribution in [2.75, 3.05) is 32.8 Å². The zero-order valence-electron chi connectivity index (χ0n) is 16.7. The number of hydrogen-bond donors (Lipinski definition) is 4. The SMILES string of the molecule is CCNC(=NCC(CO)c1ccccc1)NCCNS(=O)(=O)c1ccn(C)c1.I. The topological polar surface area (TPSA) is 108 Å². The van der Waals surface area contributed by atoms with Gasteiger partial charge in [0.15, 0.2) is 5.96 Å². The highest BCUT2D eigenvalue weighted by atomic mass is 127. The first-order valence-corrected chi connectivity index (χ1v) is 10.7. The Kier molecular flexibility index (Phi) is 11.2. The quantitative estimate of drug-likeness (QED) is 0.159. The number of sulfonamides is 1. The molecule has 1 heterocycles. The maximum Gasteiger partial charge on any atom is 0.242 e. The van der Waals surface area contributed by atoms with E-state index in [9.17, 15) is 13.5 Å². The first-order chi connectivity index (χ1) is 13.5. The molecule has 0 amide bonds. The Morgan fingerprint density at radius 1 is 1.17 bits per heavy atom. The van der Waals surface area contributed by atoms with Crippen molar-refractivity contribution in [3.05, 3.63) is 54.4 Å². The molecule has 0 bridgehead atoms. The van der Waals surface area contributed by atoms with Gasteiger partial charge in [0, 0.05) is 45.0 Å². The Hall–Kier alpha value is -1.63. The van der Waals surface area contributed by atoms with Crippen LogP contribution in [0.25, 0.3) is 0 Å². The lowest BCUT2D eigenvalue weighted by atomic mass is 10.0. The van der Waals surface area contributed by atoms with Gasteiger partial charge < -0.3 is 20.3 Å². The van der Waals surface area contributed by atoms with Gasteiger partial charge in [0.05, 0.1) is 18.0 Å². The van der Waals surface area contributed by atoms with Crippen LogP contribution < -0.4 is 15.4 Å². The van der Waals surface area contributed by atoms with Gasteiger partial charge in [-0.25, -0.2) is 13.1 Å². The zero-order chi connectivity index (χ0) is 20.4. The van der Waals surface area contributed by atoms with Crippen molar-refractivity contribution < 1.29 is 13.5 Å². The molecule has 4 N–H and O–H groups in total. The molecule has 1 aromatic carbocycles. The third-order valence-corrected chi connectivity index (χ3v) is 5.58. The predicted octanol–water partition coefficient (Wildman–Crippen LogP) is 1.25. The van der Waals surface area contributed by atoms with Crippen LogP contribution >= 0.6 is 24.0 Å². The van der Waals surface area contributed by atoms with Crippen LogP contribution in [0.3, 0.4) is 0 Å². The molecule has 0 saturated heterocycles. The number of nitrogens with one attached hydrogen (secondary N) is 3. The molecule has 162 valence electrons. The van der Waals surface area contributed by atoms with Crippen LogP contribution in [0.5, 0.6) is 0 Å². The number of benzene rings is 1. The van der Waals surface area contributed by atoms with Crippen molar-refractivity contribution in [1.29, 1.82) is 0 Å². The second-order valence-electron chi connectivity index (χ2n) is 6.35. The number of rotatable bonds is 10. The number of aliphatic hydroxyl groups is 1. The van der Waals surface area contributed by atoms with Crippen molar-refractivity contribution in [1.82, 2.24) is 19.9 Å². The molecule has 0 spiro atoms. The van der Waals surface area contributed by atoms with E-state index in [0.29, 0.717) is 25.6 Å². The molecule has 2 rings (SSSR count). The molecule has 10 heteroatoms. The monoisotopic (exact) mass is 535 g/mol. The van der Waals surface area contributed by atoms with Gasteiger partial charge in [0.2, 0.25) is 10.0 Å². The number of aliphatic hydroxyl groups excluding tert-OH is 1. The third kappa shape index (κ3) is 8.33. The number of halogens is 1. The summed E-state index contributed by atoms with van der Waals surface area (Å²) in [5.41, 5.74) is 1.03. The Balaban J connectivity index is 0.00000420. The van der Waals surface area contributed by atoms with Crippen molar-refractivity contribution in [3.63, 3.8) is 0 Å². The number of guanidine groups is 1. The molecule has 0 aliphatic rings. The van der Waals surface area contributed by atoms with Gasteiger partial charge in [-0.1, -0.05) is 30.3 Å². The van der Waals surface area contributed by atoms with E-state index in [2.05, 4.69) is 20.3 Å². The average Bonchev–Trinajstić information content (AvgIpc) is 3.14. The summed E-state index contributed by atoms with van der Waals surface area (Å²) in [6.45, 7) is 3.67. The molecule has 0 aliphatic carbocycles. The maximum absolute atomic E-state index is 12.2. The smallest absolute Gasteiger partial charge is 0.242 e. The summed E-state index contributed by atoms with van der Waals surface area (Å²) < 4.78 is 28.7. The summed E-state index contributed by atoms with van der Waals surface area (Å²) in [7, 11) is -1.75. The van der Waals surface area contributed by atoms with Crippen LogP contribution in [0.2, 0.25) is 0 Å². The minimum atomic E-state index is -3.52. The largest absolute Gasteiger partial charge is 0.396 e. The molecule has 0 fully saturated rings. The highest BCUT2D eigenvalue weighted by Crippen LogP contribution is 2.14. The van der Waals surface area contributed by atoms with E-state index < -0.39 is 10.0 Å². The summed E-state index contributed by atoms with van der Waals surface area (Å²) in [4.78, 5) is 4.75. The van der Waals surface area contributed by atoms with Crippen molar-refractivity contribution in [2.24, 2.45) is 12.0 Å². The van der Waals surface area contributed by atoms with Gasteiger partial charge in [0.25, 0.3) is 0 Å². The Morgan fingerprint density at radius 3 is 2.48 bits per heavy atom. The Labute approximate surface area is 189 Å². The zero-order valence-corrected chi connectivity index (χ0v) is 19.9. The highest BCUT2D eigenvalue weighted by Gasteiger charge is 2.14. The second-order valence-corrected chi connectivity index (χ2v) is 8.11. The van der Waals surface area contributed by atoms with E-state index in [-0.39, 0.29) is 47.9 Å². The Morgan fingerprint density at radius 2 is 1.90 bits per heavy atom. The van der Waals surface area contributed by atoms with E-state index in [1.54, 1.807) is 30.1 Å². The first kappa shape index (κ1) is 25.4. The fraction of sp³-hybridized carbons (Fsp3) is 0.421. The van der Waals surface area contributed by atoms with Crippen LogP contribution in [-0.4, -0.2) is 56.8 Å². The molecular formula is C19H30IN5O3S.